The molecule has 1 aromatic rings. The first-order chi connectivity index (χ1) is 11.3. The number of nitrogens with zero attached hydrogens (tertiary/aromatic N) is 3. The lowest BCUT2D eigenvalue weighted by Crippen LogP contribution is -2.49. The zero-order valence-electron chi connectivity index (χ0n) is 13.8. The van der Waals surface area contributed by atoms with Crippen LogP contribution in [0.3, 0.4) is 0 Å². The molecule has 1 atom stereocenters. The average Bonchev–Trinajstić information content (AvgIpc) is 3.13. The number of carbonyl (C=O) groups excluding carboxylic acids is 1. The van der Waals surface area contributed by atoms with E-state index in [-0.39, 0.29) is 0 Å². The van der Waals surface area contributed by atoms with Crippen molar-refractivity contribution in [2.24, 2.45) is 5.92 Å². The van der Waals surface area contributed by atoms with Crippen LogP contribution in [0.15, 0.2) is 18.3 Å². The van der Waals surface area contributed by atoms with Crippen LogP contribution in [0.2, 0.25) is 0 Å². The predicted molar refractivity (Wildman–Crippen MR) is 89.8 cm³/mol. The molecule has 0 aromatic carbocycles. The molecule has 1 unspecified atom stereocenters. The van der Waals surface area contributed by atoms with Crippen LogP contribution >= 0.6 is 0 Å². The van der Waals surface area contributed by atoms with Crippen molar-refractivity contribution in [2.75, 3.05) is 51.3 Å². The van der Waals surface area contributed by atoms with E-state index in [1.807, 2.05) is 17.0 Å². The van der Waals surface area contributed by atoms with Crippen molar-refractivity contribution < 1.29 is 9.53 Å². The fourth-order valence-electron chi connectivity index (χ4n) is 3.33. The summed E-state index contributed by atoms with van der Waals surface area (Å²) in [5.41, 5.74) is 0. The van der Waals surface area contributed by atoms with E-state index in [1.165, 1.54) is 6.42 Å². The molecule has 2 saturated heterocycles. The topological polar surface area (TPSA) is 57.7 Å². The first kappa shape index (κ1) is 16.1. The highest BCUT2D eigenvalue weighted by molar-refractivity contribution is 5.76. The molecule has 0 aliphatic carbocycles. The second-order valence-corrected chi connectivity index (χ2v) is 6.32. The second kappa shape index (κ2) is 7.64. The first-order valence-electron chi connectivity index (χ1n) is 8.50. The van der Waals surface area contributed by atoms with Crippen molar-refractivity contribution in [3.63, 3.8) is 0 Å². The molecule has 0 radical (unpaired) electrons. The van der Waals surface area contributed by atoms with Crippen LogP contribution in [-0.4, -0.2) is 62.2 Å². The summed E-state index contributed by atoms with van der Waals surface area (Å²) in [6.45, 7) is 5.39. The molecule has 2 aliphatic rings. The highest BCUT2D eigenvalue weighted by atomic mass is 16.5. The Morgan fingerprint density at radius 2 is 2.22 bits per heavy atom. The minimum Gasteiger partial charge on any atom is -0.497 e. The van der Waals surface area contributed by atoms with Gasteiger partial charge in [-0.3, -0.25) is 4.79 Å². The number of piperazine rings is 1. The summed E-state index contributed by atoms with van der Waals surface area (Å²) in [5, 5.41) is 3.36. The van der Waals surface area contributed by atoms with E-state index in [9.17, 15) is 4.79 Å². The van der Waals surface area contributed by atoms with Crippen LogP contribution in [0.25, 0.3) is 0 Å². The molecular formula is C17H26N4O2. The standard InChI is InChI=1S/C17H26N4O2/c1-23-15-5-7-19-16(12-15)20-8-10-21(11-9-20)17(22)3-2-14-4-6-18-13-14/h5,7,12,14,18H,2-4,6,8-11,13H2,1H3. The number of hydrogen-bond donors (Lipinski definition) is 1. The number of rotatable bonds is 5. The van der Waals surface area contributed by atoms with E-state index in [0.29, 0.717) is 18.2 Å². The van der Waals surface area contributed by atoms with Gasteiger partial charge in [0.05, 0.1) is 7.11 Å². The van der Waals surface area contributed by atoms with Gasteiger partial charge in [0.25, 0.3) is 0 Å². The Labute approximate surface area is 137 Å². The highest BCUT2D eigenvalue weighted by Gasteiger charge is 2.23. The molecule has 23 heavy (non-hydrogen) atoms. The summed E-state index contributed by atoms with van der Waals surface area (Å²) in [4.78, 5) is 21.0. The molecule has 2 fully saturated rings. The fourth-order valence-corrected chi connectivity index (χ4v) is 3.33. The zero-order valence-corrected chi connectivity index (χ0v) is 13.8. The van der Waals surface area contributed by atoms with Gasteiger partial charge in [0.2, 0.25) is 5.91 Å². The maximum Gasteiger partial charge on any atom is 0.222 e. The molecule has 2 aliphatic heterocycles. The molecule has 3 rings (SSSR count). The van der Waals surface area contributed by atoms with Crippen LogP contribution in [0.4, 0.5) is 5.82 Å². The van der Waals surface area contributed by atoms with E-state index < -0.39 is 0 Å². The van der Waals surface area contributed by atoms with Crippen molar-refractivity contribution >= 4 is 11.7 Å². The molecule has 3 heterocycles. The maximum absolute atomic E-state index is 12.3. The highest BCUT2D eigenvalue weighted by Crippen LogP contribution is 2.20. The Morgan fingerprint density at radius 1 is 1.39 bits per heavy atom. The number of carbonyl (C=O) groups is 1. The van der Waals surface area contributed by atoms with Gasteiger partial charge in [-0.05, 0) is 37.9 Å². The summed E-state index contributed by atoms with van der Waals surface area (Å²) in [7, 11) is 1.66. The van der Waals surface area contributed by atoms with Crippen molar-refractivity contribution in [3.8, 4) is 5.75 Å². The van der Waals surface area contributed by atoms with Gasteiger partial charge < -0.3 is 19.9 Å². The fraction of sp³-hybridized carbons (Fsp3) is 0.647. The summed E-state index contributed by atoms with van der Waals surface area (Å²) < 4.78 is 5.25. The lowest BCUT2D eigenvalue weighted by molar-refractivity contribution is -0.131. The van der Waals surface area contributed by atoms with E-state index in [1.54, 1.807) is 13.3 Å². The summed E-state index contributed by atoms with van der Waals surface area (Å²) in [6.07, 6.45) is 4.68. The van der Waals surface area contributed by atoms with E-state index in [2.05, 4.69) is 15.2 Å². The van der Waals surface area contributed by atoms with Gasteiger partial charge in [0, 0.05) is 44.9 Å². The number of nitrogens with one attached hydrogen (secondary N) is 1. The van der Waals surface area contributed by atoms with Crippen LogP contribution in [0.1, 0.15) is 19.3 Å². The molecule has 1 N–H and O–H groups in total. The van der Waals surface area contributed by atoms with E-state index >= 15 is 0 Å². The Bertz CT molecular complexity index is 523. The van der Waals surface area contributed by atoms with Crippen molar-refractivity contribution in [1.29, 1.82) is 0 Å². The molecule has 6 heteroatoms. The molecule has 0 saturated carbocycles. The number of aromatic nitrogens is 1. The third kappa shape index (κ3) is 4.13. The number of amides is 1. The monoisotopic (exact) mass is 318 g/mol. The Morgan fingerprint density at radius 3 is 2.91 bits per heavy atom. The van der Waals surface area contributed by atoms with Gasteiger partial charge in [0.1, 0.15) is 11.6 Å². The summed E-state index contributed by atoms with van der Waals surface area (Å²) in [5.74, 6) is 2.73. The molecule has 1 aromatic heterocycles. The largest absolute Gasteiger partial charge is 0.497 e. The molecule has 6 nitrogen and oxygen atoms in total. The van der Waals surface area contributed by atoms with Gasteiger partial charge in [-0.15, -0.1) is 0 Å². The Kier molecular flexibility index (Phi) is 5.33. The number of pyridine rings is 1. The number of anilines is 1. The smallest absolute Gasteiger partial charge is 0.222 e. The van der Waals surface area contributed by atoms with Crippen molar-refractivity contribution in [1.82, 2.24) is 15.2 Å². The molecule has 0 bridgehead atoms. The normalized spacial score (nSPS) is 21.5. The third-order valence-corrected chi connectivity index (χ3v) is 4.84. The lowest BCUT2D eigenvalue weighted by atomic mass is 10.0. The third-order valence-electron chi connectivity index (χ3n) is 4.84. The van der Waals surface area contributed by atoms with E-state index in [4.69, 9.17) is 4.74 Å². The van der Waals surface area contributed by atoms with Crippen LogP contribution < -0.4 is 15.0 Å². The molecule has 126 valence electrons. The molecular weight excluding hydrogens is 292 g/mol. The van der Waals surface area contributed by atoms with Crippen molar-refractivity contribution in [2.45, 2.75) is 19.3 Å². The number of ether oxygens (including phenoxy) is 1. The van der Waals surface area contributed by atoms with Gasteiger partial charge in [0.15, 0.2) is 0 Å². The molecule has 0 spiro atoms. The summed E-state index contributed by atoms with van der Waals surface area (Å²) >= 11 is 0. The lowest BCUT2D eigenvalue weighted by Gasteiger charge is -2.35. The maximum atomic E-state index is 12.3. The Hall–Kier alpha value is -1.82. The minimum absolute atomic E-state index is 0.301. The SMILES string of the molecule is COc1ccnc(N2CCN(C(=O)CCC3CCNC3)CC2)c1. The van der Waals surface area contributed by atoms with Crippen LogP contribution in [0.5, 0.6) is 5.75 Å². The zero-order chi connectivity index (χ0) is 16.1. The van der Waals surface area contributed by atoms with Crippen molar-refractivity contribution in [3.05, 3.63) is 18.3 Å². The second-order valence-electron chi connectivity index (χ2n) is 6.32. The first-order valence-corrected chi connectivity index (χ1v) is 8.50. The average molecular weight is 318 g/mol. The van der Waals surface area contributed by atoms with Crippen LogP contribution in [0, 0.1) is 5.92 Å². The minimum atomic E-state index is 0.301. The number of methoxy groups -OCH3 is 1. The van der Waals surface area contributed by atoms with Gasteiger partial charge in [-0.25, -0.2) is 4.98 Å². The quantitative estimate of drug-likeness (QED) is 0.882. The predicted octanol–water partition coefficient (Wildman–Crippen LogP) is 1.13. The molecule has 1 amide bonds. The van der Waals surface area contributed by atoms with Gasteiger partial charge >= 0.3 is 0 Å². The van der Waals surface area contributed by atoms with Gasteiger partial charge in [-0.1, -0.05) is 0 Å². The Balaban J connectivity index is 1.46. The van der Waals surface area contributed by atoms with Gasteiger partial charge in [-0.2, -0.15) is 0 Å². The number of hydrogen-bond acceptors (Lipinski definition) is 5. The van der Waals surface area contributed by atoms with E-state index in [0.717, 1.165) is 57.3 Å². The van der Waals surface area contributed by atoms with Crippen LogP contribution in [-0.2, 0) is 4.79 Å². The summed E-state index contributed by atoms with van der Waals surface area (Å²) in [6, 6.07) is 3.80.